The fraction of sp³-hybridized carbons (Fsp3) is 0.955. The van der Waals surface area contributed by atoms with E-state index in [1.807, 2.05) is 0 Å². The van der Waals surface area contributed by atoms with Crippen LogP contribution < -0.4 is 0 Å². The smallest absolute Gasteiger partial charge is 0.314 e. The molecule has 1 saturated carbocycles. The van der Waals surface area contributed by atoms with Crippen molar-refractivity contribution in [3.8, 4) is 0 Å². The number of hydrogen-bond acceptors (Lipinski definition) is 3. The van der Waals surface area contributed by atoms with Crippen molar-refractivity contribution in [2.45, 2.75) is 113 Å². The Morgan fingerprint density at radius 1 is 0.960 bits per heavy atom. The third-order valence-electron chi connectivity index (χ3n) is 5.64. The fourth-order valence-electron chi connectivity index (χ4n) is 3.65. The lowest BCUT2D eigenvalue weighted by Gasteiger charge is -2.44. The van der Waals surface area contributed by atoms with E-state index in [1.165, 1.54) is 19.3 Å². The van der Waals surface area contributed by atoms with Gasteiger partial charge in [0.15, 0.2) is 0 Å². The van der Waals surface area contributed by atoms with Gasteiger partial charge in [-0.1, -0.05) is 74.7 Å². The zero-order chi connectivity index (χ0) is 19.5. The second-order valence-electron chi connectivity index (χ2n) is 10.7. The lowest BCUT2D eigenvalue weighted by Crippen LogP contribution is -2.46. The Labute approximate surface area is 156 Å². The summed E-state index contributed by atoms with van der Waals surface area (Å²) in [6, 6.07) is 0. The average molecular weight is 355 g/mol. The number of carbonyl (C=O) groups excluding carboxylic acids is 1. The largest absolute Gasteiger partial charge is 0.435 e. The van der Waals surface area contributed by atoms with Crippen LogP contribution in [0.3, 0.4) is 0 Å². The molecule has 0 aliphatic heterocycles. The van der Waals surface area contributed by atoms with Crippen LogP contribution in [0.15, 0.2) is 0 Å². The van der Waals surface area contributed by atoms with Gasteiger partial charge < -0.3 is 9.47 Å². The third-order valence-corrected chi connectivity index (χ3v) is 5.64. The molecule has 1 aliphatic carbocycles. The summed E-state index contributed by atoms with van der Waals surface area (Å²) in [4.78, 5) is 13.2. The Morgan fingerprint density at radius 3 is 1.88 bits per heavy atom. The quantitative estimate of drug-likeness (QED) is 0.412. The van der Waals surface area contributed by atoms with Crippen LogP contribution in [0.1, 0.15) is 101 Å². The summed E-state index contributed by atoms with van der Waals surface area (Å²) >= 11 is 0. The van der Waals surface area contributed by atoms with Crippen molar-refractivity contribution < 1.29 is 14.3 Å². The fourth-order valence-corrected chi connectivity index (χ4v) is 3.65. The standard InChI is InChI=1S/C22H42O3/c1-16(2)18(24-17-13-11-10-12-14-17)25-19(23)22(9,21(6,7)8)15-20(3,4)5/h16-18H,10-15H2,1-9H3. The van der Waals surface area contributed by atoms with E-state index in [9.17, 15) is 4.79 Å². The topological polar surface area (TPSA) is 35.5 Å². The molecule has 0 amide bonds. The Bertz CT molecular complexity index is 422. The normalized spacial score (nSPS) is 21.0. The molecule has 3 heteroatoms. The molecule has 0 heterocycles. The molecule has 0 bridgehead atoms. The lowest BCUT2D eigenvalue weighted by molar-refractivity contribution is -0.219. The molecular weight excluding hydrogens is 312 g/mol. The second kappa shape index (κ2) is 8.41. The number of hydrogen-bond donors (Lipinski definition) is 0. The predicted molar refractivity (Wildman–Crippen MR) is 104 cm³/mol. The number of carbonyl (C=O) groups is 1. The van der Waals surface area contributed by atoms with Crippen molar-refractivity contribution in [3.63, 3.8) is 0 Å². The van der Waals surface area contributed by atoms with Gasteiger partial charge >= 0.3 is 5.97 Å². The monoisotopic (exact) mass is 354 g/mol. The molecule has 0 spiro atoms. The van der Waals surface area contributed by atoms with Gasteiger partial charge in [0.2, 0.25) is 6.29 Å². The SMILES string of the molecule is CC(C)C(OC(=O)C(C)(CC(C)(C)C)C(C)(C)C)OC1CCCCC1. The van der Waals surface area contributed by atoms with Crippen LogP contribution in [0, 0.1) is 22.2 Å². The van der Waals surface area contributed by atoms with Crippen LogP contribution in [-0.4, -0.2) is 18.4 Å². The molecule has 0 aromatic rings. The van der Waals surface area contributed by atoms with Gasteiger partial charge in [0, 0.05) is 5.92 Å². The molecule has 0 aromatic heterocycles. The number of esters is 1. The highest BCUT2D eigenvalue weighted by Gasteiger charge is 2.48. The van der Waals surface area contributed by atoms with E-state index in [1.54, 1.807) is 0 Å². The Balaban J connectivity index is 2.90. The van der Waals surface area contributed by atoms with Crippen LogP contribution >= 0.6 is 0 Å². The van der Waals surface area contributed by atoms with Gasteiger partial charge in [-0.15, -0.1) is 0 Å². The van der Waals surface area contributed by atoms with E-state index in [0.717, 1.165) is 19.3 Å². The first kappa shape index (κ1) is 22.5. The number of ether oxygens (including phenoxy) is 2. The van der Waals surface area contributed by atoms with Gasteiger partial charge in [-0.3, -0.25) is 4.79 Å². The van der Waals surface area contributed by atoms with E-state index in [-0.39, 0.29) is 28.8 Å². The molecule has 1 rings (SSSR count). The Kier molecular flexibility index (Phi) is 7.56. The second-order valence-corrected chi connectivity index (χ2v) is 10.7. The van der Waals surface area contributed by atoms with Crippen LogP contribution in [0.25, 0.3) is 0 Å². The number of rotatable bonds is 6. The molecule has 148 valence electrons. The summed E-state index contributed by atoms with van der Waals surface area (Å²) in [7, 11) is 0. The zero-order valence-corrected chi connectivity index (χ0v) is 18.2. The summed E-state index contributed by atoms with van der Waals surface area (Å²) in [5.74, 6) is 0.0363. The van der Waals surface area contributed by atoms with Crippen molar-refractivity contribution in [1.29, 1.82) is 0 Å². The van der Waals surface area contributed by atoms with Crippen LogP contribution in [0.2, 0.25) is 0 Å². The van der Waals surface area contributed by atoms with Crippen LogP contribution in [0.4, 0.5) is 0 Å². The molecule has 0 N–H and O–H groups in total. The van der Waals surface area contributed by atoms with Gasteiger partial charge in [-0.2, -0.15) is 0 Å². The molecule has 1 fully saturated rings. The highest BCUT2D eigenvalue weighted by Crippen LogP contribution is 2.47. The maximum Gasteiger partial charge on any atom is 0.314 e. The molecule has 0 aromatic carbocycles. The summed E-state index contributed by atoms with van der Waals surface area (Å²) in [6.45, 7) is 19.1. The van der Waals surface area contributed by atoms with E-state index >= 15 is 0 Å². The van der Waals surface area contributed by atoms with Gasteiger partial charge in [0.1, 0.15) is 0 Å². The molecule has 0 saturated heterocycles. The van der Waals surface area contributed by atoms with Gasteiger partial charge in [0.05, 0.1) is 11.5 Å². The molecule has 25 heavy (non-hydrogen) atoms. The summed E-state index contributed by atoms with van der Waals surface area (Å²) in [5.41, 5.74) is -0.670. The van der Waals surface area contributed by atoms with E-state index in [4.69, 9.17) is 9.47 Å². The lowest BCUT2D eigenvalue weighted by atomic mass is 9.61. The van der Waals surface area contributed by atoms with Crippen molar-refractivity contribution in [3.05, 3.63) is 0 Å². The minimum Gasteiger partial charge on any atom is -0.435 e. The maximum atomic E-state index is 13.2. The first-order valence-electron chi connectivity index (χ1n) is 10.1. The molecule has 2 unspecified atom stereocenters. The Morgan fingerprint density at radius 2 is 1.48 bits per heavy atom. The van der Waals surface area contributed by atoms with Gasteiger partial charge in [-0.25, -0.2) is 0 Å². The van der Waals surface area contributed by atoms with Crippen molar-refractivity contribution in [1.82, 2.24) is 0 Å². The van der Waals surface area contributed by atoms with Gasteiger partial charge in [0.25, 0.3) is 0 Å². The van der Waals surface area contributed by atoms with E-state index in [0.29, 0.717) is 0 Å². The van der Waals surface area contributed by atoms with Crippen molar-refractivity contribution in [2.75, 3.05) is 0 Å². The minimum absolute atomic E-state index is 0.0542. The van der Waals surface area contributed by atoms with E-state index < -0.39 is 11.7 Å². The first-order valence-corrected chi connectivity index (χ1v) is 10.1. The minimum atomic E-state index is -0.547. The Hall–Kier alpha value is -0.570. The zero-order valence-electron chi connectivity index (χ0n) is 18.2. The molecular formula is C22H42O3. The first-order chi connectivity index (χ1) is 11.3. The summed E-state index contributed by atoms with van der Waals surface area (Å²) in [6.07, 6.45) is 6.46. The predicted octanol–water partition coefficient (Wildman–Crippen LogP) is 6.35. The average Bonchev–Trinajstić information content (AvgIpc) is 2.44. The summed E-state index contributed by atoms with van der Waals surface area (Å²) in [5, 5.41) is 0. The highest BCUT2D eigenvalue weighted by atomic mass is 16.7. The highest BCUT2D eigenvalue weighted by molar-refractivity contribution is 5.77. The molecule has 2 atom stereocenters. The molecule has 1 aliphatic rings. The summed E-state index contributed by atoms with van der Waals surface area (Å²) < 4.78 is 12.2. The van der Waals surface area contributed by atoms with Crippen LogP contribution in [-0.2, 0) is 14.3 Å². The molecule has 0 radical (unpaired) electrons. The van der Waals surface area contributed by atoms with E-state index in [2.05, 4.69) is 62.3 Å². The maximum absolute atomic E-state index is 13.2. The molecule has 3 nitrogen and oxygen atoms in total. The third kappa shape index (κ3) is 6.58. The van der Waals surface area contributed by atoms with Crippen molar-refractivity contribution in [2.24, 2.45) is 22.2 Å². The van der Waals surface area contributed by atoms with Crippen LogP contribution in [0.5, 0.6) is 0 Å². The van der Waals surface area contributed by atoms with Gasteiger partial charge in [-0.05, 0) is 37.0 Å². The van der Waals surface area contributed by atoms with Crippen molar-refractivity contribution >= 4 is 5.97 Å².